The van der Waals surface area contributed by atoms with Crippen molar-refractivity contribution in [3.8, 4) is 11.5 Å². The first-order chi connectivity index (χ1) is 13.5. The average molecular weight is 422 g/mol. The zero-order chi connectivity index (χ0) is 19.7. The Bertz CT molecular complexity index is 874. The molecule has 0 amide bonds. The number of aliphatic carboxylic acids is 1. The van der Waals surface area contributed by atoms with E-state index in [9.17, 15) is 4.79 Å². The maximum atomic E-state index is 11.0. The lowest BCUT2D eigenvalue weighted by atomic mass is 9.74. The van der Waals surface area contributed by atoms with E-state index in [1.54, 1.807) is 18.2 Å². The summed E-state index contributed by atoms with van der Waals surface area (Å²) in [5.41, 5.74) is 1.83. The molecular weight excluding hydrogens is 401 g/mol. The molecule has 1 saturated heterocycles. The van der Waals surface area contributed by atoms with E-state index in [1.165, 1.54) is 0 Å². The maximum absolute atomic E-state index is 11.0. The van der Waals surface area contributed by atoms with Crippen LogP contribution in [-0.2, 0) is 16.8 Å². The van der Waals surface area contributed by atoms with E-state index in [0.29, 0.717) is 16.7 Å². The largest absolute Gasteiger partial charge is 0.492 e. The Morgan fingerprint density at radius 1 is 1.18 bits per heavy atom. The van der Waals surface area contributed by atoms with Crippen LogP contribution in [0.15, 0.2) is 36.4 Å². The van der Waals surface area contributed by atoms with Crippen LogP contribution in [0.3, 0.4) is 0 Å². The van der Waals surface area contributed by atoms with Gasteiger partial charge in [0.15, 0.2) is 0 Å². The van der Waals surface area contributed by atoms with E-state index >= 15 is 0 Å². The molecule has 0 atom stereocenters. The van der Waals surface area contributed by atoms with Crippen molar-refractivity contribution in [1.82, 2.24) is 4.90 Å². The summed E-state index contributed by atoms with van der Waals surface area (Å²) in [6.07, 6.45) is 1.74. The van der Waals surface area contributed by atoms with Crippen molar-refractivity contribution >= 4 is 29.2 Å². The van der Waals surface area contributed by atoms with Crippen LogP contribution in [0.25, 0.3) is 0 Å². The number of benzene rings is 2. The van der Waals surface area contributed by atoms with Crippen LogP contribution in [0, 0.1) is 0 Å². The van der Waals surface area contributed by atoms with E-state index < -0.39 is 5.97 Å². The van der Waals surface area contributed by atoms with Crippen LogP contribution in [0.4, 0.5) is 0 Å². The molecule has 2 aliphatic heterocycles. The first-order valence-corrected chi connectivity index (χ1v) is 10.00. The van der Waals surface area contributed by atoms with Gasteiger partial charge >= 0.3 is 5.97 Å². The Balaban J connectivity index is 1.49. The molecule has 5 nitrogen and oxygen atoms in total. The molecule has 7 heteroatoms. The summed E-state index contributed by atoms with van der Waals surface area (Å²) < 4.78 is 11.9. The molecule has 28 heavy (non-hydrogen) atoms. The highest BCUT2D eigenvalue weighted by Crippen LogP contribution is 2.46. The van der Waals surface area contributed by atoms with E-state index in [2.05, 4.69) is 0 Å². The SMILES string of the molecule is O=C(O)CN1CCC2(CC1)COc1ccc(OCc3c(Cl)cccc3Cl)cc12. The molecule has 148 valence electrons. The van der Waals surface area contributed by atoms with E-state index in [-0.39, 0.29) is 18.6 Å². The Hall–Kier alpha value is -1.95. The highest BCUT2D eigenvalue weighted by Gasteiger charge is 2.43. The van der Waals surface area contributed by atoms with Crippen LogP contribution in [-0.4, -0.2) is 42.2 Å². The molecule has 0 aliphatic carbocycles. The number of fused-ring (bicyclic) bond motifs is 2. The number of halogens is 2. The van der Waals surface area contributed by atoms with Crippen LogP contribution in [0.1, 0.15) is 24.0 Å². The fourth-order valence-corrected chi connectivity index (χ4v) is 4.51. The fraction of sp³-hybridized carbons (Fsp3) is 0.381. The van der Waals surface area contributed by atoms with E-state index in [0.717, 1.165) is 48.6 Å². The predicted molar refractivity (Wildman–Crippen MR) is 108 cm³/mol. The second-order valence-electron chi connectivity index (χ2n) is 7.39. The van der Waals surface area contributed by atoms with Gasteiger partial charge in [0.05, 0.1) is 13.2 Å². The number of ether oxygens (including phenoxy) is 2. The fourth-order valence-electron chi connectivity index (χ4n) is 4.00. The summed E-state index contributed by atoms with van der Waals surface area (Å²) in [6, 6.07) is 11.3. The first kappa shape index (κ1) is 19.4. The van der Waals surface area contributed by atoms with Gasteiger partial charge in [-0.1, -0.05) is 29.3 Å². The van der Waals surface area contributed by atoms with Gasteiger partial charge in [-0.15, -0.1) is 0 Å². The van der Waals surface area contributed by atoms with E-state index in [4.69, 9.17) is 37.8 Å². The average Bonchev–Trinajstić information content (AvgIpc) is 3.01. The summed E-state index contributed by atoms with van der Waals surface area (Å²) in [5.74, 6) is 0.843. The molecule has 2 heterocycles. The van der Waals surface area contributed by atoms with Crippen molar-refractivity contribution in [2.75, 3.05) is 26.2 Å². The molecule has 0 bridgehead atoms. The molecule has 1 spiro atoms. The molecule has 2 aromatic carbocycles. The topological polar surface area (TPSA) is 59.0 Å². The molecule has 0 radical (unpaired) electrons. The van der Waals surface area contributed by atoms with Crippen molar-refractivity contribution in [3.63, 3.8) is 0 Å². The van der Waals surface area contributed by atoms with Crippen molar-refractivity contribution in [3.05, 3.63) is 57.6 Å². The normalized spacial score (nSPS) is 17.9. The van der Waals surface area contributed by atoms with Crippen molar-refractivity contribution in [1.29, 1.82) is 0 Å². The number of hydrogen-bond acceptors (Lipinski definition) is 4. The summed E-state index contributed by atoms with van der Waals surface area (Å²) in [4.78, 5) is 12.9. The van der Waals surface area contributed by atoms with Crippen molar-refractivity contribution < 1.29 is 19.4 Å². The second-order valence-corrected chi connectivity index (χ2v) is 8.20. The van der Waals surface area contributed by atoms with Crippen LogP contribution >= 0.6 is 23.2 Å². The zero-order valence-corrected chi connectivity index (χ0v) is 16.8. The summed E-state index contributed by atoms with van der Waals surface area (Å²) in [5, 5.41) is 10.2. The summed E-state index contributed by atoms with van der Waals surface area (Å²) >= 11 is 12.4. The Morgan fingerprint density at radius 2 is 1.89 bits per heavy atom. The lowest BCUT2D eigenvalue weighted by molar-refractivity contribution is -0.138. The van der Waals surface area contributed by atoms with Gasteiger partial charge in [-0.3, -0.25) is 9.69 Å². The van der Waals surface area contributed by atoms with Gasteiger partial charge < -0.3 is 14.6 Å². The van der Waals surface area contributed by atoms with Crippen LogP contribution in [0.2, 0.25) is 10.0 Å². The van der Waals surface area contributed by atoms with Crippen molar-refractivity contribution in [2.45, 2.75) is 24.9 Å². The standard InChI is InChI=1S/C21H21Cl2NO4/c22-17-2-1-3-18(23)15(17)12-27-14-4-5-19-16(10-14)21(13-28-19)6-8-24(9-7-21)11-20(25)26/h1-5,10H,6-9,11-13H2,(H,25,26). The third-order valence-electron chi connectivity index (χ3n) is 5.64. The van der Waals surface area contributed by atoms with Crippen molar-refractivity contribution in [2.24, 2.45) is 0 Å². The highest BCUT2D eigenvalue weighted by atomic mass is 35.5. The number of nitrogens with zero attached hydrogens (tertiary/aromatic N) is 1. The first-order valence-electron chi connectivity index (χ1n) is 9.24. The minimum absolute atomic E-state index is 0.0776. The van der Waals surface area contributed by atoms with Crippen LogP contribution < -0.4 is 9.47 Å². The molecule has 2 aliphatic rings. The predicted octanol–water partition coefficient (Wildman–Crippen LogP) is 4.38. The smallest absolute Gasteiger partial charge is 0.317 e. The minimum Gasteiger partial charge on any atom is -0.492 e. The third kappa shape index (κ3) is 3.79. The molecule has 0 saturated carbocycles. The monoisotopic (exact) mass is 421 g/mol. The van der Waals surface area contributed by atoms with Gasteiger partial charge in [-0.2, -0.15) is 0 Å². The number of carboxylic acids is 1. The molecule has 4 rings (SSSR count). The van der Waals surface area contributed by atoms with Gasteiger partial charge in [0.2, 0.25) is 0 Å². The molecule has 0 unspecified atom stereocenters. The van der Waals surface area contributed by atoms with Gasteiger partial charge in [0, 0.05) is 26.6 Å². The molecule has 0 aromatic heterocycles. The number of piperidine rings is 1. The third-order valence-corrected chi connectivity index (χ3v) is 6.35. The zero-order valence-electron chi connectivity index (χ0n) is 15.3. The Morgan fingerprint density at radius 3 is 2.57 bits per heavy atom. The van der Waals surface area contributed by atoms with E-state index in [1.807, 2.05) is 23.1 Å². The maximum Gasteiger partial charge on any atom is 0.317 e. The Kier molecular flexibility index (Phi) is 5.41. The molecular formula is C21H21Cl2NO4. The number of rotatable bonds is 5. The highest BCUT2D eigenvalue weighted by molar-refractivity contribution is 6.35. The minimum atomic E-state index is -0.784. The van der Waals surface area contributed by atoms with Gasteiger partial charge in [-0.25, -0.2) is 0 Å². The quantitative estimate of drug-likeness (QED) is 0.775. The molecule has 1 N–H and O–H groups in total. The number of carboxylic acid groups (broad SMARTS) is 1. The summed E-state index contributed by atoms with van der Waals surface area (Å²) in [7, 11) is 0. The number of hydrogen-bond donors (Lipinski definition) is 1. The van der Waals surface area contributed by atoms with Gasteiger partial charge in [0.1, 0.15) is 18.1 Å². The lowest BCUT2D eigenvalue weighted by Gasteiger charge is -2.37. The number of likely N-dealkylation sites (tertiary alicyclic amines) is 1. The summed E-state index contributed by atoms with van der Waals surface area (Å²) in [6.45, 7) is 2.50. The van der Waals surface area contributed by atoms with Gasteiger partial charge in [-0.05, 0) is 56.3 Å². The lowest BCUT2D eigenvalue weighted by Crippen LogP contribution is -2.45. The molecule has 1 fully saturated rings. The van der Waals surface area contributed by atoms with Gasteiger partial charge in [0.25, 0.3) is 0 Å². The van der Waals surface area contributed by atoms with Crippen LogP contribution in [0.5, 0.6) is 11.5 Å². The Labute approximate surface area is 173 Å². The molecule has 2 aromatic rings. The second kappa shape index (κ2) is 7.82. The number of carbonyl (C=O) groups is 1.